The van der Waals surface area contributed by atoms with Gasteiger partial charge in [0.25, 0.3) is 0 Å². The van der Waals surface area contributed by atoms with E-state index < -0.39 is 0 Å². The summed E-state index contributed by atoms with van der Waals surface area (Å²) in [7, 11) is 0. The predicted octanol–water partition coefficient (Wildman–Crippen LogP) is 2.62. The van der Waals surface area contributed by atoms with Gasteiger partial charge in [-0.05, 0) is 44.7 Å². The highest BCUT2D eigenvalue weighted by Gasteiger charge is 2.20. The maximum Gasteiger partial charge on any atom is 0.0469 e. The Kier molecular flexibility index (Phi) is 3.78. The van der Waals surface area contributed by atoms with Crippen LogP contribution in [0.5, 0.6) is 0 Å². The van der Waals surface area contributed by atoms with E-state index in [1.54, 1.807) is 0 Å². The molecular formula is C13H20N2O. The van der Waals surface area contributed by atoms with E-state index in [-0.39, 0.29) is 0 Å². The zero-order chi connectivity index (χ0) is 11.4. The van der Waals surface area contributed by atoms with Gasteiger partial charge >= 0.3 is 0 Å². The van der Waals surface area contributed by atoms with Crippen LogP contribution in [0, 0.1) is 12.8 Å². The van der Waals surface area contributed by atoms with Gasteiger partial charge in [-0.2, -0.15) is 0 Å². The first-order chi connectivity index (χ1) is 7.75. The molecule has 1 fully saturated rings. The van der Waals surface area contributed by atoms with Crippen molar-refractivity contribution in [2.24, 2.45) is 5.92 Å². The molecule has 1 aliphatic rings. The molecule has 0 amide bonds. The third kappa shape index (κ3) is 2.95. The van der Waals surface area contributed by atoms with Gasteiger partial charge in [-0.3, -0.25) is 4.98 Å². The van der Waals surface area contributed by atoms with E-state index in [4.69, 9.17) is 4.74 Å². The van der Waals surface area contributed by atoms with Crippen LogP contribution in [0.3, 0.4) is 0 Å². The van der Waals surface area contributed by atoms with Crippen molar-refractivity contribution in [2.45, 2.75) is 32.7 Å². The molecule has 1 saturated heterocycles. The molecule has 1 unspecified atom stereocenters. The second-order valence-corrected chi connectivity index (χ2v) is 4.57. The number of aromatic nitrogens is 1. The molecule has 2 rings (SSSR count). The minimum atomic E-state index is 0.505. The molecule has 16 heavy (non-hydrogen) atoms. The van der Waals surface area contributed by atoms with Crippen molar-refractivity contribution in [3.8, 4) is 0 Å². The van der Waals surface area contributed by atoms with Crippen molar-refractivity contribution < 1.29 is 4.74 Å². The normalized spacial score (nSPS) is 19.4. The Morgan fingerprint density at radius 3 is 2.88 bits per heavy atom. The van der Waals surface area contributed by atoms with Gasteiger partial charge < -0.3 is 10.1 Å². The zero-order valence-corrected chi connectivity index (χ0v) is 10.1. The first-order valence-electron chi connectivity index (χ1n) is 6.02. The molecule has 1 N–H and O–H groups in total. The van der Waals surface area contributed by atoms with Gasteiger partial charge in [0.05, 0.1) is 0 Å². The molecule has 2 heterocycles. The maximum atomic E-state index is 5.38. The fraction of sp³-hybridized carbons (Fsp3) is 0.615. The summed E-state index contributed by atoms with van der Waals surface area (Å²) < 4.78 is 5.38. The molecule has 0 bridgehead atoms. The average Bonchev–Trinajstić information content (AvgIpc) is 2.30. The van der Waals surface area contributed by atoms with Crippen LogP contribution in [-0.4, -0.2) is 24.2 Å². The molecule has 0 radical (unpaired) electrons. The molecule has 3 nitrogen and oxygen atoms in total. The van der Waals surface area contributed by atoms with E-state index in [1.807, 2.05) is 19.2 Å². The lowest BCUT2D eigenvalue weighted by atomic mass is 9.93. The highest BCUT2D eigenvalue weighted by atomic mass is 16.5. The third-order valence-electron chi connectivity index (χ3n) is 3.26. The van der Waals surface area contributed by atoms with E-state index in [0.717, 1.165) is 37.7 Å². The highest BCUT2D eigenvalue weighted by Crippen LogP contribution is 2.21. The summed E-state index contributed by atoms with van der Waals surface area (Å²) in [5.41, 5.74) is 2.23. The van der Waals surface area contributed by atoms with Crippen molar-refractivity contribution in [1.29, 1.82) is 0 Å². The van der Waals surface area contributed by atoms with Crippen LogP contribution in [0.25, 0.3) is 0 Å². The van der Waals surface area contributed by atoms with Gasteiger partial charge in [0, 0.05) is 36.8 Å². The van der Waals surface area contributed by atoms with Crippen molar-refractivity contribution in [3.63, 3.8) is 0 Å². The quantitative estimate of drug-likeness (QED) is 0.850. The van der Waals surface area contributed by atoms with E-state index in [1.165, 1.54) is 5.69 Å². The molecule has 0 aromatic carbocycles. The fourth-order valence-electron chi connectivity index (χ4n) is 2.23. The highest BCUT2D eigenvalue weighted by molar-refractivity contribution is 5.43. The Morgan fingerprint density at radius 2 is 2.19 bits per heavy atom. The minimum absolute atomic E-state index is 0.505. The van der Waals surface area contributed by atoms with E-state index >= 15 is 0 Å². The summed E-state index contributed by atoms with van der Waals surface area (Å²) in [6.45, 7) is 6.09. The van der Waals surface area contributed by atoms with E-state index in [0.29, 0.717) is 6.04 Å². The first kappa shape index (κ1) is 11.4. The summed E-state index contributed by atoms with van der Waals surface area (Å²) in [5.74, 6) is 0.724. The second kappa shape index (κ2) is 5.30. The predicted molar refractivity (Wildman–Crippen MR) is 65.6 cm³/mol. The van der Waals surface area contributed by atoms with Gasteiger partial charge in [-0.15, -0.1) is 0 Å². The summed E-state index contributed by atoms with van der Waals surface area (Å²) in [6.07, 6.45) is 4.19. The average molecular weight is 220 g/mol. The van der Waals surface area contributed by atoms with Gasteiger partial charge in [0.15, 0.2) is 0 Å². The van der Waals surface area contributed by atoms with Crippen LogP contribution in [-0.2, 0) is 4.74 Å². The Bertz CT molecular complexity index is 334. The molecule has 88 valence electrons. The monoisotopic (exact) mass is 220 g/mol. The van der Waals surface area contributed by atoms with Gasteiger partial charge in [-0.25, -0.2) is 0 Å². The number of nitrogens with zero attached hydrogens (tertiary/aromatic N) is 1. The number of pyridine rings is 1. The molecule has 0 spiro atoms. The topological polar surface area (TPSA) is 34.1 Å². The van der Waals surface area contributed by atoms with Crippen molar-refractivity contribution in [1.82, 2.24) is 4.98 Å². The van der Waals surface area contributed by atoms with Gasteiger partial charge in [0.1, 0.15) is 0 Å². The number of hydrogen-bond donors (Lipinski definition) is 1. The largest absolute Gasteiger partial charge is 0.382 e. The number of anilines is 1. The third-order valence-corrected chi connectivity index (χ3v) is 3.26. The van der Waals surface area contributed by atoms with Crippen LogP contribution < -0.4 is 5.32 Å². The van der Waals surface area contributed by atoms with Crippen molar-refractivity contribution >= 4 is 5.69 Å². The number of hydrogen-bond acceptors (Lipinski definition) is 3. The number of rotatable bonds is 3. The number of aryl methyl sites for hydroxylation is 1. The first-order valence-corrected chi connectivity index (χ1v) is 6.02. The molecule has 1 atom stereocenters. The lowest BCUT2D eigenvalue weighted by Gasteiger charge is -2.29. The van der Waals surface area contributed by atoms with Crippen LogP contribution in [0.15, 0.2) is 18.3 Å². The molecule has 3 heteroatoms. The Labute approximate surface area is 97.2 Å². The van der Waals surface area contributed by atoms with Crippen molar-refractivity contribution in [2.75, 3.05) is 18.5 Å². The molecule has 1 aliphatic heterocycles. The maximum absolute atomic E-state index is 5.38. The zero-order valence-electron chi connectivity index (χ0n) is 10.1. The standard InChI is InChI=1S/C13H20N2O/c1-10-9-13(3-6-14-10)15-11(2)12-4-7-16-8-5-12/h3,6,9,11-12H,4-5,7-8H2,1-2H3,(H,14,15). The molecule has 1 aromatic heterocycles. The summed E-state index contributed by atoms with van der Waals surface area (Å²) in [6, 6.07) is 4.63. The lowest BCUT2D eigenvalue weighted by molar-refractivity contribution is 0.0622. The SMILES string of the molecule is Cc1cc(NC(C)C2CCOCC2)ccn1. The second-order valence-electron chi connectivity index (χ2n) is 4.57. The van der Waals surface area contributed by atoms with E-state index in [2.05, 4.69) is 23.3 Å². The van der Waals surface area contributed by atoms with Gasteiger partial charge in [-0.1, -0.05) is 0 Å². The molecule has 1 aromatic rings. The van der Waals surface area contributed by atoms with Crippen LogP contribution in [0.1, 0.15) is 25.5 Å². The molecular weight excluding hydrogens is 200 g/mol. The molecule has 0 aliphatic carbocycles. The number of ether oxygens (including phenoxy) is 1. The molecule has 0 saturated carbocycles. The van der Waals surface area contributed by atoms with Crippen LogP contribution >= 0.6 is 0 Å². The number of nitrogens with one attached hydrogen (secondary N) is 1. The Morgan fingerprint density at radius 1 is 1.44 bits per heavy atom. The van der Waals surface area contributed by atoms with Crippen LogP contribution in [0.4, 0.5) is 5.69 Å². The van der Waals surface area contributed by atoms with Crippen molar-refractivity contribution in [3.05, 3.63) is 24.0 Å². The van der Waals surface area contributed by atoms with Crippen LogP contribution in [0.2, 0.25) is 0 Å². The summed E-state index contributed by atoms with van der Waals surface area (Å²) >= 11 is 0. The Hall–Kier alpha value is -1.09. The van der Waals surface area contributed by atoms with E-state index in [9.17, 15) is 0 Å². The summed E-state index contributed by atoms with van der Waals surface area (Å²) in [5, 5.41) is 3.56. The fourth-order valence-corrected chi connectivity index (χ4v) is 2.23. The smallest absolute Gasteiger partial charge is 0.0469 e. The minimum Gasteiger partial charge on any atom is -0.382 e. The Balaban J connectivity index is 1.93. The lowest BCUT2D eigenvalue weighted by Crippen LogP contribution is -2.30. The van der Waals surface area contributed by atoms with Gasteiger partial charge in [0.2, 0.25) is 0 Å². The summed E-state index contributed by atoms with van der Waals surface area (Å²) in [4.78, 5) is 4.20.